The molecule has 1 aliphatic rings. The molecule has 166 valence electrons. The number of carbonyl (C=O) groups excluding carboxylic acids is 2. The fraction of sp³-hybridized carbons (Fsp3) is 0.261. The number of carbonyl (C=O) groups is 2. The van der Waals surface area contributed by atoms with Crippen LogP contribution in [-0.4, -0.2) is 34.9 Å². The molecule has 0 aliphatic carbocycles. The van der Waals surface area contributed by atoms with Gasteiger partial charge in [-0.25, -0.2) is 4.79 Å². The minimum Gasteiger partial charge on any atom is -0.340 e. The lowest BCUT2D eigenvalue weighted by Gasteiger charge is -2.26. The highest BCUT2D eigenvalue weighted by molar-refractivity contribution is 5.99. The van der Waals surface area contributed by atoms with Crippen molar-refractivity contribution in [1.82, 2.24) is 15.2 Å². The molecule has 3 amide bonds. The first-order chi connectivity index (χ1) is 15.3. The first kappa shape index (κ1) is 21.6. The number of halogens is 3. The van der Waals surface area contributed by atoms with Crippen molar-refractivity contribution in [3.63, 3.8) is 0 Å². The summed E-state index contributed by atoms with van der Waals surface area (Å²) in [6, 6.07) is 12.3. The van der Waals surface area contributed by atoms with Gasteiger partial charge >= 0.3 is 12.2 Å². The van der Waals surface area contributed by atoms with Crippen LogP contribution in [0.2, 0.25) is 0 Å². The van der Waals surface area contributed by atoms with E-state index in [0.717, 1.165) is 17.5 Å². The number of pyridine rings is 1. The van der Waals surface area contributed by atoms with Crippen LogP contribution in [-0.2, 0) is 11.0 Å². The Kier molecular flexibility index (Phi) is 5.98. The van der Waals surface area contributed by atoms with Crippen molar-refractivity contribution in [2.45, 2.75) is 25.1 Å². The maximum Gasteiger partial charge on any atom is 0.416 e. The van der Waals surface area contributed by atoms with Crippen molar-refractivity contribution >= 4 is 28.5 Å². The number of para-hydroxylation sites is 1. The molecule has 2 aromatic carbocycles. The fourth-order valence-electron chi connectivity index (χ4n) is 3.81. The molecule has 2 N–H and O–H groups in total. The molecule has 0 saturated carbocycles. The Labute approximate surface area is 182 Å². The molecule has 1 aliphatic heterocycles. The van der Waals surface area contributed by atoms with Crippen LogP contribution in [0.5, 0.6) is 0 Å². The standard InChI is InChI=1S/C23H21F3N4O2/c24-23(25,26)17-8-1-6-16(13-17)19(14-30-12-4-10-20(30)31)29-22(32)28-18-9-2-5-15-7-3-11-27-21(15)18/h1-3,5-9,11,13,19H,4,10,12,14H2,(H2,28,29,32). The first-order valence-electron chi connectivity index (χ1n) is 10.2. The van der Waals surface area contributed by atoms with Gasteiger partial charge in [0.1, 0.15) is 0 Å². The van der Waals surface area contributed by atoms with E-state index in [1.807, 2.05) is 12.1 Å². The van der Waals surface area contributed by atoms with Gasteiger partial charge in [0.15, 0.2) is 0 Å². The number of alkyl halides is 3. The number of rotatable bonds is 5. The second kappa shape index (κ2) is 8.86. The number of anilines is 1. The monoisotopic (exact) mass is 442 g/mol. The van der Waals surface area contributed by atoms with Crippen molar-refractivity contribution < 1.29 is 22.8 Å². The third-order valence-corrected chi connectivity index (χ3v) is 5.38. The van der Waals surface area contributed by atoms with E-state index in [4.69, 9.17) is 0 Å². The normalized spacial score (nSPS) is 15.1. The van der Waals surface area contributed by atoms with Gasteiger partial charge in [-0.1, -0.05) is 30.3 Å². The largest absolute Gasteiger partial charge is 0.416 e. The lowest BCUT2D eigenvalue weighted by Crippen LogP contribution is -2.40. The second-order valence-electron chi connectivity index (χ2n) is 7.60. The Morgan fingerprint density at radius 3 is 2.66 bits per heavy atom. The van der Waals surface area contributed by atoms with E-state index in [1.165, 1.54) is 12.1 Å². The summed E-state index contributed by atoms with van der Waals surface area (Å²) < 4.78 is 39.7. The van der Waals surface area contributed by atoms with Crippen molar-refractivity contribution in [2.75, 3.05) is 18.4 Å². The van der Waals surface area contributed by atoms with Gasteiger partial charge in [-0.3, -0.25) is 9.78 Å². The van der Waals surface area contributed by atoms with Gasteiger partial charge in [-0.2, -0.15) is 13.2 Å². The summed E-state index contributed by atoms with van der Waals surface area (Å²) in [5.74, 6) is -0.0811. The fourth-order valence-corrected chi connectivity index (χ4v) is 3.81. The highest BCUT2D eigenvalue weighted by Gasteiger charge is 2.32. The molecule has 2 heterocycles. The van der Waals surface area contributed by atoms with Crippen molar-refractivity contribution in [2.24, 2.45) is 0 Å². The van der Waals surface area contributed by atoms with Gasteiger partial charge in [-0.15, -0.1) is 0 Å². The van der Waals surface area contributed by atoms with Gasteiger partial charge in [0, 0.05) is 31.1 Å². The highest BCUT2D eigenvalue weighted by atomic mass is 19.4. The lowest BCUT2D eigenvalue weighted by atomic mass is 10.0. The molecule has 0 spiro atoms. The SMILES string of the molecule is O=C(Nc1cccc2cccnc12)NC(CN1CCCC1=O)c1cccc(C(F)(F)F)c1. The van der Waals surface area contributed by atoms with E-state index in [9.17, 15) is 22.8 Å². The molecular formula is C23H21F3N4O2. The predicted molar refractivity (Wildman–Crippen MR) is 114 cm³/mol. The highest BCUT2D eigenvalue weighted by Crippen LogP contribution is 2.31. The average molecular weight is 442 g/mol. The van der Waals surface area contributed by atoms with Gasteiger partial charge in [0.25, 0.3) is 0 Å². The molecule has 1 fully saturated rings. The van der Waals surface area contributed by atoms with Crippen LogP contribution in [0, 0.1) is 0 Å². The molecule has 0 radical (unpaired) electrons. The van der Waals surface area contributed by atoms with Crippen LogP contribution in [0.3, 0.4) is 0 Å². The smallest absolute Gasteiger partial charge is 0.340 e. The molecular weight excluding hydrogens is 421 g/mol. The summed E-state index contributed by atoms with van der Waals surface area (Å²) in [6.45, 7) is 0.589. The Bertz CT molecular complexity index is 1140. The van der Waals surface area contributed by atoms with Crippen LogP contribution < -0.4 is 10.6 Å². The number of fused-ring (bicyclic) bond motifs is 1. The van der Waals surface area contributed by atoms with Crippen molar-refractivity contribution in [3.05, 3.63) is 71.9 Å². The second-order valence-corrected chi connectivity index (χ2v) is 7.60. The zero-order valence-corrected chi connectivity index (χ0v) is 17.0. The summed E-state index contributed by atoms with van der Waals surface area (Å²) in [4.78, 5) is 30.7. The predicted octanol–water partition coefficient (Wildman–Crippen LogP) is 4.74. The number of hydrogen-bond acceptors (Lipinski definition) is 3. The third-order valence-electron chi connectivity index (χ3n) is 5.38. The summed E-state index contributed by atoms with van der Waals surface area (Å²) in [5.41, 5.74) is 0.523. The molecule has 1 saturated heterocycles. The van der Waals surface area contributed by atoms with Crippen molar-refractivity contribution in [1.29, 1.82) is 0 Å². The molecule has 6 nitrogen and oxygen atoms in total. The van der Waals surface area contributed by atoms with E-state index in [-0.39, 0.29) is 18.0 Å². The third kappa shape index (κ3) is 4.82. The van der Waals surface area contributed by atoms with Crippen LogP contribution in [0.1, 0.15) is 30.0 Å². The van der Waals surface area contributed by atoms with Gasteiger partial charge in [0.05, 0.1) is 22.8 Å². The van der Waals surface area contributed by atoms with E-state index >= 15 is 0 Å². The molecule has 1 aromatic heterocycles. The Morgan fingerprint density at radius 2 is 1.91 bits per heavy atom. The van der Waals surface area contributed by atoms with E-state index in [1.54, 1.807) is 29.3 Å². The number of hydrogen-bond donors (Lipinski definition) is 2. The molecule has 1 atom stereocenters. The molecule has 0 bridgehead atoms. The molecule has 32 heavy (non-hydrogen) atoms. The number of nitrogens with zero attached hydrogens (tertiary/aromatic N) is 2. The Morgan fingerprint density at radius 1 is 1.12 bits per heavy atom. The maximum absolute atomic E-state index is 13.2. The summed E-state index contributed by atoms with van der Waals surface area (Å²) in [7, 11) is 0. The van der Waals surface area contributed by atoms with Gasteiger partial charge < -0.3 is 15.5 Å². The quantitative estimate of drug-likeness (QED) is 0.600. The number of aromatic nitrogens is 1. The number of likely N-dealkylation sites (tertiary alicyclic amines) is 1. The summed E-state index contributed by atoms with van der Waals surface area (Å²) >= 11 is 0. The van der Waals surface area contributed by atoms with E-state index < -0.39 is 23.8 Å². The van der Waals surface area contributed by atoms with Crippen LogP contribution in [0.15, 0.2) is 60.8 Å². The molecule has 1 unspecified atom stereocenters. The molecule has 9 heteroatoms. The van der Waals surface area contributed by atoms with E-state index in [2.05, 4.69) is 15.6 Å². The van der Waals surface area contributed by atoms with Gasteiger partial charge in [0.2, 0.25) is 5.91 Å². The van der Waals surface area contributed by atoms with Crippen LogP contribution in [0.25, 0.3) is 10.9 Å². The zero-order chi connectivity index (χ0) is 22.7. The Balaban J connectivity index is 1.58. The first-order valence-corrected chi connectivity index (χ1v) is 10.2. The average Bonchev–Trinajstić information content (AvgIpc) is 3.17. The minimum absolute atomic E-state index is 0.0811. The van der Waals surface area contributed by atoms with Crippen molar-refractivity contribution in [3.8, 4) is 0 Å². The minimum atomic E-state index is -4.51. The zero-order valence-electron chi connectivity index (χ0n) is 17.0. The lowest BCUT2D eigenvalue weighted by molar-refractivity contribution is -0.137. The maximum atomic E-state index is 13.2. The number of urea groups is 1. The number of nitrogens with one attached hydrogen (secondary N) is 2. The molecule has 3 aromatic rings. The van der Waals surface area contributed by atoms with E-state index in [0.29, 0.717) is 30.6 Å². The summed E-state index contributed by atoms with van der Waals surface area (Å²) in [5, 5.41) is 6.30. The van der Waals surface area contributed by atoms with Crippen LogP contribution in [0.4, 0.5) is 23.7 Å². The Hall–Kier alpha value is -3.62. The summed E-state index contributed by atoms with van der Waals surface area (Å²) in [6.07, 6.45) is -1.83. The molecule has 4 rings (SSSR count). The van der Waals surface area contributed by atoms with Crippen LogP contribution >= 0.6 is 0 Å². The van der Waals surface area contributed by atoms with Gasteiger partial charge in [-0.05, 0) is 36.2 Å². The topological polar surface area (TPSA) is 74.3 Å². The number of amides is 3. The number of benzene rings is 2.